The number of nitrogens with zero attached hydrogens (tertiary/aromatic N) is 4. The molecule has 2 fully saturated rings. The number of likely N-dealkylation sites (N-methyl/N-ethyl adjacent to an activating group) is 1. The van der Waals surface area contributed by atoms with Gasteiger partial charge in [0.15, 0.2) is 0 Å². The van der Waals surface area contributed by atoms with E-state index in [1.165, 1.54) is 4.90 Å². The van der Waals surface area contributed by atoms with E-state index in [9.17, 15) is 14.4 Å². The highest BCUT2D eigenvalue weighted by Crippen LogP contribution is 2.41. The number of hydrogen-bond acceptors (Lipinski definition) is 4. The Morgan fingerprint density at radius 1 is 1.24 bits per heavy atom. The zero-order valence-electron chi connectivity index (χ0n) is 14.6. The van der Waals surface area contributed by atoms with Crippen LogP contribution >= 0.6 is 0 Å². The highest BCUT2D eigenvalue weighted by Gasteiger charge is 2.33. The van der Waals surface area contributed by atoms with Gasteiger partial charge in [-0.2, -0.15) is 5.10 Å². The van der Waals surface area contributed by atoms with Crippen LogP contribution in [0.2, 0.25) is 0 Å². The molecule has 2 aliphatic rings. The van der Waals surface area contributed by atoms with Crippen LogP contribution in [0.5, 0.6) is 0 Å². The van der Waals surface area contributed by atoms with Gasteiger partial charge < -0.3 is 14.9 Å². The van der Waals surface area contributed by atoms with Gasteiger partial charge in [-0.25, -0.2) is 0 Å². The largest absolute Gasteiger partial charge is 0.481 e. The number of rotatable bonds is 5. The SMILES string of the molecule is CN(CC(=O)N1CCC(C(=O)O)CC1)C(=O)c1cnn(C)c1C1CC1. The quantitative estimate of drug-likeness (QED) is 0.845. The van der Waals surface area contributed by atoms with Crippen LogP contribution < -0.4 is 0 Å². The Morgan fingerprint density at radius 2 is 1.88 bits per heavy atom. The zero-order chi connectivity index (χ0) is 18.1. The summed E-state index contributed by atoms with van der Waals surface area (Å²) in [4.78, 5) is 39.2. The molecule has 2 amide bonds. The topological polar surface area (TPSA) is 95.7 Å². The van der Waals surface area contributed by atoms with Crippen LogP contribution in [-0.2, 0) is 16.6 Å². The number of carbonyl (C=O) groups is 3. The summed E-state index contributed by atoms with van der Waals surface area (Å²) in [5, 5.41) is 13.2. The Hall–Kier alpha value is -2.38. The van der Waals surface area contributed by atoms with Crippen molar-refractivity contribution in [2.45, 2.75) is 31.6 Å². The summed E-state index contributed by atoms with van der Waals surface area (Å²) in [7, 11) is 3.45. The molecule has 3 rings (SSSR count). The van der Waals surface area contributed by atoms with Gasteiger partial charge in [0, 0.05) is 33.1 Å². The Labute approximate surface area is 146 Å². The summed E-state index contributed by atoms with van der Waals surface area (Å²) in [6.07, 6.45) is 4.65. The molecular formula is C17H24N4O4. The van der Waals surface area contributed by atoms with Crippen LogP contribution in [0.1, 0.15) is 47.7 Å². The van der Waals surface area contributed by atoms with Crippen molar-refractivity contribution < 1.29 is 19.5 Å². The summed E-state index contributed by atoms with van der Waals surface area (Å²) < 4.78 is 1.75. The van der Waals surface area contributed by atoms with Gasteiger partial charge in [0.25, 0.3) is 5.91 Å². The van der Waals surface area contributed by atoms with Gasteiger partial charge in [-0.1, -0.05) is 0 Å². The summed E-state index contributed by atoms with van der Waals surface area (Å²) >= 11 is 0. The number of amides is 2. The normalized spacial score (nSPS) is 18.2. The molecule has 0 unspecified atom stereocenters. The molecule has 1 aromatic heterocycles. The molecule has 0 atom stereocenters. The first kappa shape index (κ1) is 17.4. The van der Waals surface area contributed by atoms with E-state index in [-0.39, 0.29) is 24.3 Å². The zero-order valence-corrected chi connectivity index (χ0v) is 14.6. The Bertz CT molecular complexity index is 687. The summed E-state index contributed by atoms with van der Waals surface area (Å²) in [6, 6.07) is 0. The van der Waals surface area contributed by atoms with Crippen molar-refractivity contribution in [3.8, 4) is 0 Å². The minimum Gasteiger partial charge on any atom is -0.481 e. The van der Waals surface area contributed by atoms with E-state index in [1.807, 2.05) is 7.05 Å². The van der Waals surface area contributed by atoms with Crippen LogP contribution in [-0.4, -0.2) is 69.2 Å². The molecule has 8 heteroatoms. The first-order valence-electron chi connectivity index (χ1n) is 8.66. The first-order valence-corrected chi connectivity index (χ1v) is 8.66. The lowest BCUT2D eigenvalue weighted by molar-refractivity contribution is -0.145. The molecule has 1 aliphatic carbocycles. The van der Waals surface area contributed by atoms with Gasteiger partial charge in [-0.15, -0.1) is 0 Å². The standard InChI is InChI=1S/C17H24N4O4/c1-19(10-14(22)21-7-5-12(6-8-21)17(24)25)16(23)13-9-18-20(2)15(13)11-3-4-11/h9,11-12H,3-8,10H2,1-2H3,(H,24,25). The first-order chi connectivity index (χ1) is 11.9. The fourth-order valence-electron chi connectivity index (χ4n) is 3.41. The third-order valence-corrected chi connectivity index (χ3v) is 5.10. The van der Waals surface area contributed by atoms with E-state index in [0.29, 0.717) is 37.4 Å². The van der Waals surface area contributed by atoms with Crippen molar-refractivity contribution >= 4 is 17.8 Å². The number of likely N-dealkylation sites (tertiary alicyclic amines) is 1. The molecular weight excluding hydrogens is 324 g/mol. The van der Waals surface area contributed by atoms with Crippen molar-refractivity contribution in [1.82, 2.24) is 19.6 Å². The molecule has 1 N–H and O–H groups in total. The summed E-state index contributed by atoms with van der Waals surface area (Å²) in [6.45, 7) is 0.853. The van der Waals surface area contributed by atoms with E-state index >= 15 is 0 Å². The number of piperidine rings is 1. The minimum atomic E-state index is -0.802. The third kappa shape index (κ3) is 3.67. The molecule has 8 nitrogen and oxygen atoms in total. The molecule has 0 bridgehead atoms. The van der Waals surface area contributed by atoms with Gasteiger partial charge in [0.1, 0.15) is 0 Å². The van der Waals surface area contributed by atoms with E-state index in [0.717, 1.165) is 18.5 Å². The Balaban J connectivity index is 1.58. The van der Waals surface area contributed by atoms with Crippen LogP contribution in [0.25, 0.3) is 0 Å². The van der Waals surface area contributed by atoms with Crippen molar-refractivity contribution in [2.75, 3.05) is 26.7 Å². The molecule has 1 aromatic rings. The Kier molecular flexibility index (Phi) is 4.78. The van der Waals surface area contributed by atoms with Crippen LogP contribution in [0.15, 0.2) is 6.20 Å². The van der Waals surface area contributed by atoms with Crippen molar-refractivity contribution in [1.29, 1.82) is 0 Å². The monoisotopic (exact) mass is 348 g/mol. The highest BCUT2D eigenvalue weighted by molar-refractivity contribution is 5.97. The van der Waals surface area contributed by atoms with E-state index in [4.69, 9.17) is 5.11 Å². The van der Waals surface area contributed by atoms with Crippen molar-refractivity contribution in [2.24, 2.45) is 13.0 Å². The lowest BCUT2D eigenvalue weighted by atomic mass is 9.97. The smallest absolute Gasteiger partial charge is 0.306 e. The predicted octanol–water partition coefficient (Wildman–Crippen LogP) is 0.693. The number of aryl methyl sites for hydroxylation is 1. The number of carboxylic acid groups (broad SMARTS) is 1. The summed E-state index contributed by atoms with van der Waals surface area (Å²) in [5.74, 6) is -1.12. The number of aromatic nitrogens is 2. The summed E-state index contributed by atoms with van der Waals surface area (Å²) in [5.41, 5.74) is 1.52. The molecule has 1 aliphatic heterocycles. The molecule has 25 heavy (non-hydrogen) atoms. The number of carbonyl (C=O) groups excluding carboxylic acids is 2. The van der Waals surface area contributed by atoms with Crippen LogP contribution in [0.3, 0.4) is 0 Å². The second-order valence-corrected chi connectivity index (χ2v) is 7.00. The van der Waals surface area contributed by atoms with Crippen LogP contribution in [0, 0.1) is 5.92 Å². The fraction of sp³-hybridized carbons (Fsp3) is 0.647. The lowest BCUT2D eigenvalue weighted by Crippen LogP contribution is -2.45. The van der Waals surface area contributed by atoms with Gasteiger partial charge in [-0.05, 0) is 25.7 Å². The molecule has 0 aromatic carbocycles. The average Bonchev–Trinajstić information content (AvgIpc) is 3.36. The fourth-order valence-corrected chi connectivity index (χ4v) is 3.41. The average molecular weight is 348 g/mol. The molecule has 2 heterocycles. The maximum Gasteiger partial charge on any atom is 0.306 e. The van der Waals surface area contributed by atoms with Crippen molar-refractivity contribution in [3.05, 3.63) is 17.5 Å². The highest BCUT2D eigenvalue weighted by atomic mass is 16.4. The number of hydrogen-bond donors (Lipinski definition) is 1. The molecule has 1 saturated carbocycles. The Morgan fingerprint density at radius 3 is 2.44 bits per heavy atom. The second kappa shape index (κ2) is 6.85. The number of carboxylic acids is 1. The number of aliphatic carboxylic acids is 1. The molecule has 0 spiro atoms. The predicted molar refractivity (Wildman–Crippen MR) is 89.1 cm³/mol. The minimum absolute atomic E-state index is 0.00439. The lowest BCUT2D eigenvalue weighted by Gasteiger charge is -2.31. The third-order valence-electron chi connectivity index (χ3n) is 5.10. The maximum atomic E-state index is 12.7. The van der Waals surface area contributed by atoms with E-state index in [2.05, 4.69) is 5.10 Å². The second-order valence-electron chi connectivity index (χ2n) is 7.00. The van der Waals surface area contributed by atoms with Gasteiger partial charge >= 0.3 is 5.97 Å². The van der Waals surface area contributed by atoms with Gasteiger partial charge in [0.05, 0.1) is 29.9 Å². The molecule has 0 radical (unpaired) electrons. The maximum absolute atomic E-state index is 12.7. The van der Waals surface area contributed by atoms with Gasteiger partial charge in [-0.3, -0.25) is 19.1 Å². The van der Waals surface area contributed by atoms with Gasteiger partial charge in [0.2, 0.25) is 5.91 Å². The van der Waals surface area contributed by atoms with E-state index in [1.54, 1.807) is 22.8 Å². The van der Waals surface area contributed by atoms with Crippen LogP contribution in [0.4, 0.5) is 0 Å². The molecule has 136 valence electrons. The van der Waals surface area contributed by atoms with Crippen molar-refractivity contribution in [3.63, 3.8) is 0 Å². The van der Waals surface area contributed by atoms with E-state index < -0.39 is 5.97 Å². The molecule has 1 saturated heterocycles.